The first-order valence-electron chi connectivity index (χ1n) is 6.87. The number of nitrogen functional groups attached to an aromatic ring is 1. The average molecular weight is 282 g/mol. The number of rotatable bonds is 3. The van der Waals surface area contributed by atoms with Gasteiger partial charge in [-0.25, -0.2) is 0 Å². The van der Waals surface area contributed by atoms with Crippen molar-refractivity contribution in [3.8, 4) is 0 Å². The zero-order valence-corrected chi connectivity index (χ0v) is 11.7. The molecule has 0 bridgehead atoms. The van der Waals surface area contributed by atoms with E-state index >= 15 is 0 Å². The predicted molar refractivity (Wildman–Crippen MR) is 78.7 cm³/mol. The number of hydrogen-bond donors (Lipinski definition) is 2. The maximum Gasteiger partial charge on any atom is 0.0874 e. The Morgan fingerprint density at radius 2 is 2.37 bits per heavy atom. The van der Waals surface area contributed by atoms with E-state index in [0.29, 0.717) is 16.8 Å². The van der Waals surface area contributed by atoms with Crippen molar-refractivity contribution in [3.05, 3.63) is 23.2 Å². The first-order valence-corrected chi connectivity index (χ1v) is 7.25. The second-order valence-electron chi connectivity index (χ2n) is 5.36. The molecule has 19 heavy (non-hydrogen) atoms. The molecule has 0 aromatic heterocycles. The maximum atomic E-state index is 5.92. The van der Waals surface area contributed by atoms with Crippen molar-refractivity contribution in [2.24, 2.45) is 0 Å². The fraction of sp³-hybridized carbons (Fsp3) is 0.571. The summed E-state index contributed by atoms with van der Waals surface area (Å²) in [5.41, 5.74) is 7.53. The minimum atomic E-state index is 0.240. The summed E-state index contributed by atoms with van der Waals surface area (Å²) in [4.78, 5) is 2.54. The van der Waals surface area contributed by atoms with Crippen LogP contribution in [0.4, 0.5) is 11.4 Å². The summed E-state index contributed by atoms with van der Waals surface area (Å²) in [6.45, 7) is 3.89. The highest BCUT2D eigenvalue weighted by atomic mass is 35.5. The lowest BCUT2D eigenvalue weighted by Gasteiger charge is -2.35. The summed E-state index contributed by atoms with van der Waals surface area (Å²) in [6.07, 6.45) is 2.83. The van der Waals surface area contributed by atoms with Gasteiger partial charge in [-0.2, -0.15) is 0 Å². The molecule has 0 spiro atoms. The van der Waals surface area contributed by atoms with E-state index in [4.69, 9.17) is 22.1 Å². The van der Waals surface area contributed by atoms with Gasteiger partial charge in [-0.1, -0.05) is 11.6 Å². The largest absolute Gasteiger partial charge is 0.397 e. The van der Waals surface area contributed by atoms with E-state index in [2.05, 4.69) is 10.2 Å². The maximum absolute atomic E-state index is 5.92. The zero-order chi connectivity index (χ0) is 13.2. The first-order chi connectivity index (χ1) is 9.22. The minimum absolute atomic E-state index is 0.240. The molecule has 2 aliphatic heterocycles. The van der Waals surface area contributed by atoms with Crippen LogP contribution in [0.3, 0.4) is 0 Å². The normalized spacial score (nSPS) is 27.2. The Labute approximate surface area is 118 Å². The van der Waals surface area contributed by atoms with E-state index in [0.717, 1.165) is 25.4 Å². The Morgan fingerprint density at radius 3 is 3.21 bits per heavy atom. The van der Waals surface area contributed by atoms with Crippen LogP contribution in [0.5, 0.6) is 0 Å². The van der Waals surface area contributed by atoms with E-state index < -0.39 is 0 Å². The monoisotopic (exact) mass is 281 g/mol. The number of benzene rings is 1. The van der Waals surface area contributed by atoms with Crippen LogP contribution in [0.2, 0.25) is 5.02 Å². The number of nitrogens with two attached hydrogens (primary N) is 1. The van der Waals surface area contributed by atoms with Crippen LogP contribution in [0.1, 0.15) is 12.8 Å². The van der Waals surface area contributed by atoms with E-state index in [1.807, 2.05) is 12.1 Å². The molecule has 2 saturated heterocycles. The van der Waals surface area contributed by atoms with Crippen molar-refractivity contribution in [2.75, 3.05) is 37.3 Å². The quantitative estimate of drug-likeness (QED) is 0.834. The molecule has 2 fully saturated rings. The van der Waals surface area contributed by atoms with Crippen molar-refractivity contribution in [1.82, 2.24) is 4.90 Å². The molecular formula is C14H20ClN3O. The fourth-order valence-corrected chi connectivity index (χ4v) is 3.11. The third-order valence-electron chi connectivity index (χ3n) is 4.00. The molecule has 2 unspecified atom stereocenters. The van der Waals surface area contributed by atoms with Crippen LogP contribution in [-0.4, -0.2) is 43.3 Å². The number of morpholine rings is 1. The van der Waals surface area contributed by atoms with Crippen molar-refractivity contribution in [3.63, 3.8) is 0 Å². The zero-order valence-electron chi connectivity index (χ0n) is 10.9. The molecule has 2 heterocycles. The molecule has 2 atom stereocenters. The molecule has 0 radical (unpaired) electrons. The number of ether oxygens (including phenoxy) is 1. The molecule has 4 nitrogen and oxygen atoms in total. The second kappa shape index (κ2) is 5.57. The smallest absolute Gasteiger partial charge is 0.0874 e. The van der Waals surface area contributed by atoms with Crippen molar-refractivity contribution in [1.29, 1.82) is 0 Å². The summed E-state index contributed by atoms with van der Waals surface area (Å²) >= 11 is 5.89. The summed E-state index contributed by atoms with van der Waals surface area (Å²) in [5, 5.41) is 4.02. The summed E-state index contributed by atoms with van der Waals surface area (Å²) in [7, 11) is 0. The first kappa shape index (κ1) is 13.0. The molecule has 0 amide bonds. The average Bonchev–Trinajstić information content (AvgIpc) is 2.85. The number of halogens is 1. The molecular weight excluding hydrogens is 262 g/mol. The lowest BCUT2D eigenvalue weighted by molar-refractivity contribution is -0.0415. The highest BCUT2D eigenvalue weighted by Gasteiger charge is 2.31. The molecule has 0 aliphatic carbocycles. The third kappa shape index (κ3) is 2.96. The van der Waals surface area contributed by atoms with Crippen LogP contribution < -0.4 is 11.1 Å². The lowest BCUT2D eigenvalue weighted by atomic mass is 10.2. The fourth-order valence-electron chi connectivity index (χ4n) is 2.93. The Balaban J connectivity index is 1.54. The van der Waals surface area contributed by atoms with Gasteiger partial charge in [0.25, 0.3) is 0 Å². The predicted octanol–water partition coefficient (Wildman–Crippen LogP) is 2.20. The van der Waals surface area contributed by atoms with Gasteiger partial charge in [-0.05, 0) is 37.6 Å². The van der Waals surface area contributed by atoms with Crippen LogP contribution in [0, 0.1) is 0 Å². The number of anilines is 2. The van der Waals surface area contributed by atoms with E-state index in [9.17, 15) is 0 Å². The van der Waals surface area contributed by atoms with Gasteiger partial charge in [0, 0.05) is 24.2 Å². The van der Waals surface area contributed by atoms with Gasteiger partial charge in [0.15, 0.2) is 0 Å². The highest BCUT2D eigenvalue weighted by molar-refractivity contribution is 6.31. The van der Waals surface area contributed by atoms with Gasteiger partial charge in [0.05, 0.1) is 24.1 Å². The van der Waals surface area contributed by atoms with Crippen molar-refractivity contribution >= 4 is 23.0 Å². The summed E-state index contributed by atoms with van der Waals surface area (Å²) in [6, 6.07) is 6.18. The number of nitrogens with zero attached hydrogens (tertiary/aromatic N) is 1. The molecule has 1 aromatic carbocycles. The van der Waals surface area contributed by atoms with Gasteiger partial charge < -0.3 is 15.8 Å². The highest BCUT2D eigenvalue weighted by Crippen LogP contribution is 2.25. The van der Waals surface area contributed by atoms with Crippen molar-refractivity contribution in [2.45, 2.75) is 25.0 Å². The van der Waals surface area contributed by atoms with Gasteiger partial charge in [0.2, 0.25) is 0 Å². The van der Waals surface area contributed by atoms with E-state index in [-0.39, 0.29) is 6.10 Å². The van der Waals surface area contributed by atoms with Gasteiger partial charge in [0.1, 0.15) is 0 Å². The summed E-state index contributed by atoms with van der Waals surface area (Å²) in [5.74, 6) is 0. The second-order valence-corrected chi connectivity index (χ2v) is 5.80. The molecule has 3 rings (SSSR count). The summed E-state index contributed by atoms with van der Waals surface area (Å²) < 4.78 is 5.91. The topological polar surface area (TPSA) is 50.5 Å². The molecule has 2 aliphatic rings. The number of hydrogen-bond acceptors (Lipinski definition) is 4. The SMILES string of the molecule is Nc1cc(Cl)ccc1NCC1CN2CCCC2CO1. The molecule has 5 heteroatoms. The Hall–Kier alpha value is -0.970. The van der Waals surface area contributed by atoms with Gasteiger partial charge in [-0.3, -0.25) is 4.90 Å². The van der Waals surface area contributed by atoms with Crippen molar-refractivity contribution < 1.29 is 4.74 Å². The molecule has 0 saturated carbocycles. The number of nitrogens with one attached hydrogen (secondary N) is 1. The van der Waals surface area contributed by atoms with Gasteiger partial charge in [-0.15, -0.1) is 0 Å². The third-order valence-corrected chi connectivity index (χ3v) is 4.23. The van der Waals surface area contributed by atoms with Crippen LogP contribution in [0.25, 0.3) is 0 Å². The molecule has 1 aromatic rings. The van der Waals surface area contributed by atoms with Crippen LogP contribution >= 0.6 is 11.6 Å². The van der Waals surface area contributed by atoms with Gasteiger partial charge >= 0.3 is 0 Å². The Morgan fingerprint density at radius 1 is 1.47 bits per heavy atom. The lowest BCUT2D eigenvalue weighted by Crippen LogP contribution is -2.48. The molecule has 104 valence electrons. The van der Waals surface area contributed by atoms with Crippen LogP contribution in [0.15, 0.2) is 18.2 Å². The standard InChI is InChI=1S/C14H20ClN3O/c15-10-3-4-14(13(16)6-10)17-7-12-8-18-5-1-2-11(18)9-19-12/h3-4,6,11-12,17H,1-2,5,7-9,16H2. The molecule has 3 N–H and O–H groups in total. The van der Waals surface area contributed by atoms with E-state index in [1.54, 1.807) is 6.07 Å². The van der Waals surface area contributed by atoms with Crippen LogP contribution in [-0.2, 0) is 4.74 Å². The van der Waals surface area contributed by atoms with E-state index in [1.165, 1.54) is 19.4 Å². The minimum Gasteiger partial charge on any atom is -0.397 e. The number of fused-ring (bicyclic) bond motifs is 1. The Bertz CT molecular complexity index is 454. The Kier molecular flexibility index (Phi) is 3.82.